The Morgan fingerprint density at radius 2 is 1.75 bits per heavy atom. The summed E-state index contributed by atoms with van der Waals surface area (Å²) in [6.07, 6.45) is 0. The van der Waals surface area contributed by atoms with Gasteiger partial charge in [-0.15, -0.1) is 0 Å². The molecule has 0 aliphatic heterocycles. The summed E-state index contributed by atoms with van der Waals surface area (Å²) in [7, 11) is 0. The summed E-state index contributed by atoms with van der Waals surface area (Å²) >= 11 is 0. The number of halogens is 1. The molecule has 3 rings (SSSR count). The van der Waals surface area contributed by atoms with Gasteiger partial charge in [0, 0.05) is 16.5 Å². The number of aromatic nitrogens is 1. The van der Waals surface area contributed by atoms with Crippen LogP contribution in [0.25, 0.3) is 10.8 Å². The van der Waals surface area contributed by atoms with Crippen molar-refractivity contribution >= 4 is 22.6 Å². The van der Waals surface area contributed by atoms with Gasteiger partial charge < -0.3 is 20.3 Å². The average Bonchev–Trinajstić information content (AvgIpc) is 2.66. The molecule has 0 radical (unpaired) electrons. The number of benzene rings is 2. The second-order valence-corrected chi connectivity index (χ2v) is 6.19. The van der Waals surface area contributed by atoms with Gasteiger partial charge in [0.05, 0.1) is 0 Å². The first kappa shape index (κ1) is 19.1. The molecule has 8 heteroatoms. The molecule has 0 aliphatic rings. The normalized spacial score (nSPS) is 11.8. The predicted molar refractivity (Wildman–Crippen MR) is 99.2 cm³/mol. The van der Waals surface area contributed by atoms with Crippen molar-refractivity contribution in [1.82, 2.24) is 10.3 Å². The molecule has 1 aromatic heterocycles. The summed E-state index contributed by atoms with van der Waals surface area (Å²) in [4.78, 5) is 27.3. The number of rotatable bonds is 5. The van der Waals surface area contributed by atoms with Crippen molar-refractivity contribution < 1.29 is 28.9 Å². The van der Waals surface area contributed by atoms with Crippen LogP contribution in [-0.2, 0) is 4.79 Å². The van der Waals surface area contributed by atoms with Crippen LogP contribution in [0.4, 0.5) is 4.39 Å². The second kappa shape index (κ2) is 7.51. The van der Waals surface area contributed by atoms with Crippen LogP contribution in [0.15, 0.2) is 42.5 Å². The van der Waals surface area contributed by atoms with E-state index in [4.69, 9.17) is 9.84 Å². The number of nitrogens with zero attached hydrogens (tertiary/aromatic N) is 1. The van der Waals surface area contributed by atoms with E-state index in [9.17, 15) is 19.1 Å². The number of ether oxygens (including phenoxy) is 1. The highest BCUT2D eigenvalue weighted by molar-refractivity contribution is 6.03. The van der Waals surface area contributed by atoms with Gasteiger partial charge in [-0.3, -0.25) is 9.59 Å². The predicted octanol–water partition coefficient (Wildman–Crippen LogP) is 3.38. The molecule has 2 aromatic carbocycles. The molecule has 0 saturated carbocycles. The van der Waals surface area contributed by atoms with E-state index in [1.165, 1.54) is 31.2 Å². The number of carboxylic acid groups (broad SMARTS) is 1. The lowest BCUT2D eigenvalue weighted by Gasteiger charge is -2.13. The fraction of sp³-hybridized carbons (Fsp3) is 0.150. The van der Waals surface area contributed by atoms with E-state index in [2.05, 4.69) is 10.3 Å². The third-order valence-corrected chi connectivity index (χ3v) is 4.12. The van der Waals surface area contributed by atoms with Gasteiger partial charge in [0.2, 0.25) is 0 Å². The van der Waals surface area contributed by atoms with Gasteiger partial charge in [0.1, 0.15) is 23.4 Å². The summed E-state index contributed by atoms with van der Waals surface area (Å²) in [5, 5.41) is 22.5. The summed E-state index contributed by atoms with van der Waals surface area (Å²) < 4.78 is 18.7. The lowest BCUT2D eigenvalue weighted by atomic mass is 10.1. The Kier molecular flexibility index (Phi) is 5.12. The topological polar surface area (TPSA) is 109 Å². The maximum Gasteiger partial charge on any atom is 0.325 e. The zero-order chi connectivity index (χ0) is 20.4. The number of aliphatic carboxylic acids is 1. The van der Waals surface area contributed by atoms with Crippen LogP contribution in [0, 0.1) is 12.7 Å². The first-order chi connectivity index (χ1) is 13.3. The Morgan fingerprint density at radius 1 is 1.11 bits per heavy atom. The van der Waals surface area contributed by atoms with Crippen molar-refractivity contribution in [3.63, 3.8) is 0 Å². The molecule has 7 nitrogen and oxygen atoms in total. The molecule has 1 amide bonds. The fourth-order valence-corrected chi connectivity index (χ4v) is 2.62. The third-order valence-electron chi connectivity index (χ3n) is 4.12. The highest BCUT2D eigenvalue weighted by Crippen LogP contribution is 2.33. The molecule has 1 atom stereocenters. The monoisotopic (exact) mass is 384 g/mol. The Morgan fingerprint density at radius 3 is 2.39 bits per heavy atom. The molecule has 0 unspecified atom stereocenters. The lowest BCUT2D eigenvalue weighted by molar-refractivity contribution is -0.138. The molecule has 0 bridgehead atoms. The van der Waals surface area contributed by atoms with Gasteiger partial charge in [-0.2, -0.15) is 0 Å². The van der Waals surface area contributed by atoms with Gasteiger partial charge in [-0.1, -0.05) is 0 Å². The van der Waals surface area contributed by atoms with Gasteiger partial charge in [-0.05, 0) is 56.3 Å². The zero-order valence-corrected chi connectivity index (χ0v) is 15.1. The number of nitrogens with one attached hydrogen (secondary N) is 1. The lowest BCUT2D eigenvalue weighted by Crippen LogP contribution is -2.38. The van der Waals surface area contributed by atoms with E-state index in [0.29, 0.717) is 28.0 Å². The molecule has 144 valence electrons. The minimum atomic E-state index is -1.20. The number of pyridine rings is 1. The van der Waals surface area contributed by atoms with Gasteiger partial charge >= 0.3 is 5.97 Å². The minimum absolute atomic E-state index is 0.259. The van der Waals surface area contributed by atoms with E-state index in [1.807, 2.05) is 0 Å². The second-order valence-electron chi connectivity index (χ2n) is 6.19. The number of aryl methyl sites for hydroxylation is 1. The zero-order valence-electron chi connectivity index (χ0n) is 15.1. The van der Waals surface area contributed by atoms with Crippen molar-refractivity contribution in [2.45, 2.75) is 19.9 Å². The van der Waals surface area contributed by atoms with Crippen LogP contribution in [0.5, 0.6) is 17.2 Å². The molecular weight excluding hydrogens is 367 g/mol. The minimum Gasteiger partial charge on any atom is -0.505 e. The molecule has 0 aliphatic carbocycles. The van der Waals surface area contributed by atoms with Crippen molar-refractivity contribution in [2.75, 3.05) is 0 Å². The third kappa shape index (κ3) is 3.85. The quantitative estimate of drug-likeness (QED) is 0.622. The Hall–Kier alpha value is -3.68. The standard InChI is InChI=1S/C20H17FN2O5/c1-10-16-9-14(28-13-5-3-12(21)4-6-13)7-8-15(16)18(24)17(22-10)19(25)23-11(2)20(26)27/h3-9,11,24H,1-2H3,(H,23,25)(H,26,27)/t11-/m0/s1. The van der Waals surface area contributed by atoms with Crippen molar-refractivity contribution in [3.05, 3.63) is 59.7 Å². The number of aromatic hydroxyl groups is 1. The fourth-order valence-electron chi connectivity index (χ4n) is 2.62. The van der Waals surface area contributed by atoms with E-state index in [-0.39, 0.29) is 17.3 Å². The summed E-state index contributed by atoms with van der Waals surface area (Å²) in [6, 6.07) is 9.19. The Labute approximate surface area is 159 Å². The molecule has 3 aromatic rings. The maximum atomic E-state index is 13.0. The van der Waals surface area contributed by atoms with Crippen LogP contribution in [0.3, 0.4) is 0 Å². The number of hydrogen-bond acceptors (Lipinski definition) is 5. The van der Waals surface area contributed by atoms with Crippen LogP contribution < -0.4 is 10.1 Å². The van der Waals surface area contributed by atoms with Crippen molar-refractivity contribution in [2.24, 2.45) is 0 Å². The number of carboxylic acids is 1. The highest BCUT2D eigenvalue weighted by atomic mass is 19.1. The molecule has 3 N–H and O–H groups in total. The first-order valence-corrected chi connectivity index (χ1v) is 8.36. The summed E-state index contributed by atoms with van der Waals surface area (Å²) in [5.74, 6) is -1.84. The van der Waals surface area contributed by atoms with Gasteiger partial charge in [-0.25, -0.2) is 9.37 Å². The van der Waals surface area contributed by atoms with Crippen molar-refractivity contribution in [1.29, 1.82) is 0 Å². The molecule has 0 saturated heterocycles. The average molecular weight is 384 g/mol. The van der Waals surface area contributed by atoms with Crippen LogP contribution in [0.2, 0.25) is 0 Å². The van der Waals surface area contributed by atoms with Crippen molar-refractivity contribution in [3.8, 4) is 17.2 Å². The van der Waals surface area contributed by atoms with Crippen LogP contribution >= 0.6 is 0 Å². The Bertz CT molecular complexity index is 1070. The van der Waals surface area contributed by atoms with E-state index >= 15 is 0 Å². The number of fused-ring (bicyclic) bond motifs is 1. The number of hydrogen-bond donors (Lipinski definition) is 3. The van der Waals surface area contributed by atoms with E-state index in [0.717, 1.165) is 0 Å². The number of amides is 1. The smallest absolute Gasteiger partial charge is 0.325 e. The van der Waals surface area contributed by atoms with Crippen LogP contribution in [0.1, 0.15) is 23.1 Å². The van der Waals surface area contributed by atoms with Gasteiger partial charge in [0.15, 0.2) is 11.4 Å². The molecular formula is C20H17FN2O5. The van der Waals surface area contributed by atoms with E-state index < -0.39 is 17.9 Å². The number of carbonyl (C=O) groups excluding carboxylic acids is 1. The SMILES string of the molecule is Cc1nc(C(=O)N[C@@H](C)C(=O)O)c(O)c2ccc(Oc3ccc(F)cc3)cc12. The number of carbonyl (C=O) groups is 2. The summed E-state index contributed by atoms with van der Waals surface area (Å²) in [6.45, 7) is 2.96. The van der Waals surface area contributed by atoms with Crippen LogP contribution in [-0.4, -0.2) is 33.1 Å². The summed E-state index contributed by atoms with van der Waals surface area (Å²) in [5.41, 5.74) is 0.191. The maximum absolute atomic E-state index is 13.0. The molecule has 0 spiro atoms. The largest absolute Gasteiger partial charge is 0.505 e. The first-order valence-electron chi connectivity index (χ1n) is 8.36. The van der Waals surface area contributed by atoms with Gasteiger partial charge in [0.25, 0.3) is 5.91 Å². The molecule has 0 fully saturated rings. The highest BCUT2D eigenvalue weighted by Gasteiger charge is 2.22. The van der Waals surface area contributed by atoms with E-state index in [1.54, 1.807) is 25.1 Å². The Balaban J connectivity index is 1.95. The molecule has 1 heterocycles. The molecule has 28 heavy (non-hydrogen) atoms.